The van der Waals surface area contributed by atoms with Crippen molar-refractivity contribution in [2.45, 2.75) is 24.1 Å². The molecule has 5 nitrogen and oxygen atoms in total. The Morgan fingerprint density at radius 1 is 1.18 bits per heavy atom. The summed E-state index contributed by atoms with van der Waals surface area (Å²) in [5.74, 6) is -0.635. The number of anilines is 1. The summed E-state index contributed by atoms with van der Waals surface area (Å²) < 4.78 is 5.16. The molecule has 0 aliphatic heterocycles. The lowest BCUT2D eigenvalue weighted by atomic mass is 10.1. The third-order valence-corrected chi connectivity index (χ3v) is 5.98. The van der Waals surface area contributed by atoms with Crippen LogP contribution in [-0.2, 0) is 9.53 Å². The Morgan fingerprint density at radius 3 is 2.61 bits per heavy atom. The Labute approximate surface area is 172 Å². The molecule has 0 bridgehead atoms. The van der Waals surface area contributed by atoms with E-state index in [4.69, 9.17) is 4.74 Å². The predicted molar refractivity (Wildman–Crippen MR) is 114 cm³/mol. The molecule has 0 spiro atoms. The zero-order valence-electron chi connectivity index (χ0n) is 15.5. The number of hydrogen-bond acceptors (Lipinski definition) is 6. The SMILES string of the molecule is CCOC(=O)c1cc(-c2ccccc2)sc1NC(=O)C(C)Sc1ccccn1. The zero-order chi connectivity index (χ0) is 19.9. The average molecular weight is 413 g/mol. The van der Waals surface area contributed by atoms with Crippen molar-refractivity contribution in [1.82, 2.24) is 4.98 Å². The van der Waals surface area contributed by atoms with Crippen LogP contribution < -0.4 is 5.32 Å². The van der Waals surface area contributed by atoms with Crippen molar-refractivity contribution in [2.75, 3.05) is 11.9 Å². The molecule has 1 aromatic carbocycles. The number of aromatic nitrogens is 1. The Morgan fingerprint density at radius 2 is 1.93 bits per heavy atom. The zero-order valence-corrected chi connectivity index (χ0v) is 17.2. The van der Waals surface area contributed by atoms with E-state index in [2.05, 4.69) is 10.3 Å². The first-order valence-corrected chi connectivity index (χ1v) is 10.5. The maximum absolute atomic E-state index is 12.7. The maximum atomic E-state index is 12.7. The summed E-state index contributed by atoms with van der Waals surface area (Å²) in [6, 6.07) is 17.1. The van der Waals surface area contributed by atoms with E-state index in [1.165, 1.54) is 23.1 Å². The first kappa shape index (κ1) is 20.1. The van der Waals surface area contributed by atoms with Crippen molar-refractivity contribution < 1.29 is 14.3 Å². The fourth-order valence-corrected chi connectivity index (χ4v) is 4.32. The van der Waals surface area contributed by atoms with Gasteiger partial charge in [-0.25, -0.2) is 9.78 Å². The highest BCUT2D eigenvalue weighted by Crippen LogP contribution is 2.36. The van der Waals surface area contributed by atoms with Gasteiger partial charge < -0.3 is 10.1 Å². The van der Waals surface area contributed by atoms with E-state index in [-0.39, 0.29) is 17.8 Å². The van der Waals surface area contributed by atoms with E-state index in [0.29, 0.717) is 10.6 Å². The Bertz CT molecular complexity index is 943. The molecule has 7 heteroatoms. The Balaban J connectivity index is 1.82. The molecule has 144 valence electrons. The van der Waals surface area contributed by atoms with Gasteiger partial charge in [-0.05, 0) is 37.6 Å². The molecule has 3 rings (SSSR count). The van der Waals surface area contributed by atoms with Gasteiger partial charge in [0, 0.05) is 11.1 Å². The van der Waals surface area contributed by atoms with Crippen molar-refractivity contribution >= 4 is 40.0 Å². The normalized spacial score (nSPS) is 11.6. The standard InChI is InChI=1S/C21H20N2O3S2/c1-3-26-21(25)16-13-17(15-9-5-4-6-10-15)28-20(16)23-19(24)14(2)27-18-11-7-8-12-22-18/h4-14H,3H2,1-2H3,(H,23,24). The quantitative estimate of drug-likeness (QED) is 0.432. The molecule has 28 heavy (non-hydrogen) atoms. The molecule has 1 unspecified atom stereocenters. The van der Waals surface area contributed by atoms with Crippen molar-refractivity contribution in [3.8, 4) is 10.4 Å². The van der Waals surface area contributed by atoms with Crippen LogP contribution in [0.25, 0.3) is 10.4 Å². The average Bonchev–Trinajstić information content (AvgIpc) is 3.13. The van der Waals surface area contributed by atoms with Crippen LogP contribution in [-0.4, -0.2) is 28.7 Å². The largest absolute Gasteiger partial charge is 0.462 e. The van der Waals surface area contributed by atoms with Crippen LogP contribution in [0.2, 0.25) is 0 Å². The van der Waals surface area contributed by atoms with E-state index < -0.39 is 5.97 Å². The molecular weight excluding hydrogens is 392 g/mol. The Hall–Kier alpha value is -2.64. The summed E-state index contributed by atoms with van der Waals surface area (Å²) in [4.78, 5) is 30.2. The van der Waals surface area contributed by atoms with E-state index in [9.17, 15) is 9.59 Å². The number of ether oxygens (including phenoxy) is 1. The van der Waals surface area contributed by atoms with Crippen molar-refractivity contribution in [2.24, 2.45) is 0 Å². The fraction of sp³-hybridized carbons (Fsp3) is 0.190. The van der Waals surface area contributed by atoms with Gasteiger partial charge in [0.2, 0.25) is 5.91 Å². The number of rotatable bonds is 7. The van der Waals surface area contributed by atoms with Crippen molar-refractivity contribution in [3.05, 3.63) is 66.4 Å². The van der Waals surface area contributed by atoms with Gasteiger partial charge in [-0.15, -0.1) is 11.3 Å². The lowest BCUT2D eigenvalue weighted by Gasteiger charge is -2.11. The molecule has 0 aliphatic carbocycles. The molecule has 0 radical (unpaired) electrons. The van der Waals surface area contributed by atoms with Crippen LogP contribution in [0.3, 0.4) is 0 Å². The monoisotopic (exact) mass is 412 g/mol. The molecule has 2 aromatic heterocycles. The number of carbonyl (C=O) groups excluding carboxylic acids is 2. The van der Waals surface area contributed by atoms with Gasteiger partial charge in [0.05, 0.1) is 22.4 Å². The summed E-state index contributed by atoms with van der Waals surface area (Å²) in [6.45, 7) is 3.84. The first-order chi connectivity index (χ1) is 13.6. The number of benzene rings is 1. The second-order valence-corrected chi connectivity index (χ2v) is 8.27. The summed E-state index contributed by atoms with van der Waals surface area (Å²) in [5.41, 5.74) is 1.35. The minimum Gasteiger partial charge on any atom is -0.462 e. The smallest absolute Gasteiger partial charge is 0.341 e. The van der Waals surface area contributed by atoms with Crippen LogP contribution in [0.1, 0.15) is 24.2 Å². The molecule has 2 heterocycles. The van der Waals surface area contributed by atoms with Crippen LogP contribution >= 0.6 is 23.1 Å². The minimum absolute atomic E-state index is 0.192. The lowest BCUT2D eigenvalue weighted by molar-refractivity contribution is -0.115. The fourth-order valence-electron chi connectivity index (χ4n) is 2.45. The number of hydrogen-bond donors (Lipinski definition) is 1. The summed E-state index contributed by atoms with van der Waals surface area (Å²) in [6.07, 6.45) is 1.69. The molecule has 1 N–H and O–H groups in total. The maximum Gasteiger partial charge on any atom is 0.341 e. The molecule has 0 saturated heterocycles. The van der Waals surface area contributed by atoms with E-state index in [1.807, 2.05) is 55.5 Å². The summed E-state index contributed by atoms with van der Waals surface area (Å²) >= 11 is 2.73. The van der Waals surface area contributed by atoms with E-state index >= 15 is 0 Å². The highest BCUT2D eigenvalue weighted by atomic mass is 32.2. The molecule has 1 atom stereocenters. The second-order valence-electron chi connectivity index (χ2n) is 5.86. The van der Waals surface area contributed by atoms with Gasteiger partial charge in [0.1, 0.15) is 5.00 Å². The summed E-state index contributed by atoms with van der Waals surface area (Å²) in [5, 5.41) is 3.79. The third-order valence-electron chi connectivity index (χ3n) is 3.83. The van der Waals surface area contributed by atoms with E-state index in [1.54, 1.807) is 19.2 Å². The van der Waals surface area contributed by atoms with Gasteiger partial charge in [0.15, 0.2) is 0 Å². The minimum atomic E-state index is -0.443. The van der Waals surface area contributed by atoms with E-state index in [0.717, 1.165) is 15.5 Å². The highest BCUT2D eigenvalue weighted by molar-refractivity contribution is 8.00. The van der Waals surface area contributed by atoms with Crippen LogP contribution in [0.4, 0.5) is 5.00 Å². The molecule has 1 amide bonds. The molecular formula is C21H20N2O3S2. The number of esters is 1. The third kappa shape index (κ3) is 4.99. The van der Waals surface area contributed by atoms with Crippen molar-refractivity contribution in [1.29, 1.82) is 0 Å². The number of amides is 1. The second kappa shape index (κ2) is 9.52. The van der Waals surface area contributed by atoms with Gasteiger partial charge in [-0.2, -0.15) is 0 Å². The van der Waals surface area contributed by atoms with Gasteiger partial charge in [-0.3, -0.25) is 4.79 Å². The predicted octanol–water partition coefficient (Wildman–Crippen LogP) is 5.11. The van der Waals surface area contributed by atoms with Gasteiger partial charge in [0.25, 0.3) is 0 Å². The highest BCUT2D eigenvalue weighted by Gasteiger charge is 2.22. The Kier molecular flexibility index (Phi) is 6.84. The number of nitrogens with one attached hydrogen (secondary N) is 1. The number of carbonyl (C=O) groups is 2. The topological polar surface area (TPSA) is 68.3 Å². The van der Waals surface area contributed by atoms with Crippen LogP contribution in [0.5, 0.6) is 0 Å². The van der Waals surface area contributed by atoms with Crippen LogP contribution in [0, 0.1) is 0 Å². The molecule has 0 fully saturated rings. The lowest BCUT2D eigenvalue weighted by Crippen LogP contribution is -2.23. The number of pyridine rings is 1. The first-order valence-electron chi connectivity index (χ1n) is 8.83. The van der Waals surface area contributed by atoms with Crippen LogP contribution in [0.15, 0.2) is 65.8 Å². The number of thiophene rings is 1. The van der Waals surface area contributed by atoms with Gasteiger partial charge in [-0.1, -0.05) is 48.2 Å². The molecule has 0 aliphatic rings. The number of thioether (sulfide) groups is 1. The number of nitrogens with zero attached hydrogens (tertiary/aromatic N) is 1. The summed E-state index contributed by atoms with van der Waals surface area (Å²) in [7, 11) is 0. The molecule has 3 aromatic rings. The molecule has 0 saturated carbocycles. The van der Waals surface area contributed by atoms with Gasteiger partial charge >= 0.3 is 5.97 Å². The van der Waals surface area contributed by atoms with Crippen molar-refractivity contribution in [3.63, 3.8) is 0 Å².